The fraction of sp³-hybridized carbons (Fsp3) is 0.533. The van der Waals surface area contributed by atoms with E-state index in [1.165, 1.54) is 0 Å². The number of anilines is 1. The third-order valence-corrected chi connectivity index (χ3v) is 2.72. The van der Waals surface area contributed by atoms with Gasteiger partial charge in [-0.25, -0.2) is 0 Å². The normalized spacial score (nSPS) is 10.8. The van der Waals surface area contributed by atoms with Crippen LogP contribution in [-0.4, -0.2) is 44.1 Å². The zero-order valence-corrected chi connectivity index (χ0v) is 12.6. The summed E-state index contributed by atoms with van der Waals surface area (Å²) in [4.78, 5) is 13.6. The molecule has 0 aromatic heterocycles. The molecule has 0 spiro atoms. The van der Waals surface area contributed by atoms with Crippen molar-refractivity contribution in [3.8, 4) is 5.75 Å². The predicted octanol–water partition coefficient (Wildman–Crippen LogP) is 1.35. The van der Waals surface area contributed by atoms with Crippen LogP contribution in [0.5, 0.6) is 5.75 Å². The van der Waals surface area contributed by atoms with Crippen LogP contribution >= 0.6 is 0 Å². The van der Waals surface area contributed by atoms with Gasteiger partial charge in [0.15, 0.2) is 0 Å². The molecule has 0 aliphatic rings. The van der Waals surface area contributed by atoms with Crippen molar-refractivity contribution >= 4 is 11.6 Å². The number of rotatable bonds is 8. The number of hydrogen-bond acceptors (Lipinski definition) is 4. The van der Waals surface area contributed by atoms with Crippen molar-refractivity contribution in [1.82, 2.24) is 10.2 Å². The highest BCUT2D eigenvalue weighted by molar-refractivity contribution is 5.77. The molecule has 1 amide bonds. The standard InChI is InChI=1S/C15H25N3O2/c1-12(2)10-17-15(19)11-18(3)7-8-20-14-6-4-5-13(16)9-14/h4-6,9,12H,7-8,10-11,16H2,1-3H3,(H,17,19). The number of carbonyl (C=O) groups is 1. The van der Waals surface area contributed by atoms with Gasteiger partial charge in [-0.1, -0.05) is 19.9 Å². The van der Waals surface area contributed by atoms with Crippen LogP contribution in [0.15, 0.2) is 24.3 Å². The average molecular weight is 279 g/mol. The summed E-state index contributed by atoms with van der Waals surface area (Å²) in [5, 5.41) is 2.89. The number of carbonyl (C=O) groups excluding carboxylic acids is 1. The molecule has 1 aromatic carbocycles. The van der Waals surface area contributed by atoms with Crippen molar-refractivity contribution in [3.05, 3.63) is 24.3 Å². The molecule has 0 saturated heterocycles. The molecule has 20 heavy (non-hydrogen) atoms. The maximum atomic E-state index is 11.6. The van der Waals surface area contributed by atoms with Crippen molar-refractivity contribution in [3.63, 3.8) is 0 Å². The molecule has 0 unspecified atom stereocenters. The summed E-state index contributed by atoms with van der Waals surface area (Å²) in [6, 6.07) is 7.33. The molecule has 112 valence electrons. The van der Waals surface area contributed by atoms with Crippen LogP contribution in [0.3, 0.4) is 0 Å². The molecule has 1 rings (SSSR count). The molecule has 0 aliphatic carbocycles. The van der Waals surface area contributed by atoms with Crippen LogP contribution in [0.25, 0.3) is 0 Å². The van der Waals surface area contributed by atoms with Crippen LogP contribution in [0.1, 0.15) is 13.8 Å². The van der Waals surface area contributed by atoms with Crippen molar-refractivity contribution in [2.45, 2.75) is 13.8 Å². The van der Waals surface area contributed by atoms with Crippen LogP contribution in [-0.2, 0) is 4.79 Å². The van der Waals surface area contributed by atoms with E-state index in [0.29, 0.717) is 37.8 Å². The van der Waals surface area contributed by atoms with Gasteiger partial charge in [0, 0.05) is 24.8 Å². The number of benzene rings is 1. The number of amides is 1. The van der Waals surface area contributed by atoms with Crippen LogP contribution in [0.4, 0.5) is 5.69 Å². The van der Waals surface area contributed by atoms with Crippen LogP contribution in [0.2, 0.25) is 0 Å². The molecule has 0 aliphatic heterocycles. The summed E-state index contributed by atoms with van der Waals surface area (Å²) in [6.45, 7) is 6.45. The van der Waals surface area contributed by atoms with Gasteiger partial charge in [0.05, 0.1) is 6.54 Å². The SMILES string of the molecule is CC(C)CNC(=O)CN(C)CCOc1cccc(N)c1. The van der Waals surface area contributed by atoms with Gasteiger partial charge in [0.2, 0.25) is 5.91 Å². The van der Waals surface area contributed by atoms with E-state index in [-0.39, 0.29) is 5.91 Å². The van der Waals surface area contributed by atoms with Crippen molar-refractivity contribution in [2.24, 2.45) is 5.92 Å². The number of likely N-dealkylation sites (N-methyl/N-ethyl adjacent to an activating group) is 1. The summed E-state index contributed by atoms with van der Waals surface area (Å²) >= 11 is 0. The van der Waals surface area contributed by atoms with Crippen LogP contribution in [0, 0.1) is 5.92 Å². The van der Waals surface area contributed by atoms with Crippen molar-refractivity contribution < 1.29 is 9.53 Å². The number of nitrogens with one attached hydrogen (secondary N) is 1. The largest absolute Gasteiger partial charge is 0.492 e. The van der Waals surface area contributed by atoms with E-state index in [1.54, 1.807) is 6.07 Å². The summed E-state index contributed by atoms with van der Waals surface area (Å²) < 4.78 is 5.58. The second kappa shape index (κ2) is 8.43. The minimum Gasteiger partial charge on any atom is -0.492 e. The van der Waals surface area contributed by atoms with E-state index in [1.807, 2.05) is 30.1 Å². The third-order valence-electron chi connectivity index (χ3n) is 2.72. The van der Waals surface area contributed by atoms with Crippen molar-refractivity contribution in [2.75, 3.05) is 39.0 Å². The second-order valence-corrected chi connectivity index (χ2v) is 5.36. The van der Waals surface area contributed by atoms with E-state index >= 15 is 0 Å². The number of ether oxygens (including phenoxy) is 1. The number of nitrogens with zero attached hydrogens (tertiary/aromatic N) is 1. The van der Waals surface area contributed by atoms with Gasteiger partial charge in [0.25, 0.3) is 0 Å². The highest BCUT2D eigenvalue weighted by Gasteiger charge is 2.06. The zero-order valence-electron chi connectivity index (χ0n) is 12.6. The first-order valence-electron chi connectivity index (χ1n) is 6.91. The average Bonchev–Trinajstić information content (AvgIpc) is 2.36. The Hall–Kier alpha value is -1.75. The van der Waals surface area contributed by atoms with Gasteiger partial charge in [-0.3, -0.25) is 9.69 Å². The van der Waals surface area contributed by atoms with Gasteiger partial charge in [-0.05, 0) is 25.1 Å². The lowest BCUT2D eigenvalue weighted by molar-refractivity contribution is -0.122. The molecule has 0 heterocycles. The summed E-state index contributed by atoms with van der Waals surface area (Å²) in [5.41, 5.74) is 6.35. The second-order valence-electron chi connectivity index (χ2n) is 5.36. The molecule has 0 atom stereocenters. The van der Waals surface area contributed by atoms with E-state index in [2.05, 4.69) is 19.2 Å². The summed E-state index contributed by atoms with van der Waals surface area (Å²) in [5.74, 6) is 1.27. The van der Waals surface area contributed by atoms with Gasteiger partial charge in [0.1, 0.15) is 12.4 Å². The smallest absolute Gasteiger partial charge is 0.234 e. The lowest BCUT2D eigenvalue weighted by atomic mass is 10.2. The fourth-order valence-corrected chi connectivity index (χ4v) is 1.62. The minimum absolute atomic E-state index is 0.0464. The van der Waals surface area contributed by atoms with Gasteiger partial charge in [-0.2, -0.15) is 0 Å². The molecule has 5 nitrogen and oxygen atoms in total. The summed E-state index contributed by atoms with van der Waals surface area (Å²) in [7, 11) is 1.90. The maximum Gasteiger partial charge on any atom is 0.234 e. The lowest BCUT2D eigenvalue weighted by Gasteiger charge is -2.17. The molecule has 0 saturated carbocycles. The molecule has 0 fully saturated rings. The maximum absolute atomic E-state index is 11.6. The van der Waals surface area contributed by atoms with Crippen LogP contribution < -0.4 is 15.8 Å². The molecular weight excluding hydrogens is 254 g/mol. The van der Waals surface area contributed by atoms with Gasteiger partial charge < -0.3 is 15.8 Å². The summed E-state index contributed by atoms with van der Waals surface area (Å²) in [6.07, 6.45) is 0. The Balaban J connectivity index is 2.19. The molecule has 1 aromatic rings. The topological polar surface area (TPSA) is 67.6 Å². The quantitative estimate of drug-likeness (QED) is 0.705. The minimum atomic E-state index is 0.0464. The third kappa shape index (κ3) is 6.99. The van der Waals surface area contributed by atoms with E-state index in [9.17, 15) is 4.79 Å². The van der Waals surface area contributed by atoms with Gasteiger partial charge in [-0.15, -0.1) is 0 Å². The Morgan fingerprint density at radius 3 is 2.85 bits per heavy atom. The number of hydrogen-bond donors (Lipinski definition) is 2. The van der Waals surface area contributed by atoms with E-state index in [4.69, 9.17) is 10.5 Å². The number of nitrogens with two attached hydrogens (primary N) is 1. The molecule has 0 radical (unpaired) electrons. The van der Waals surface area contributed by atoms with E-state index in [0.717, 1.165) is 5.75 Å². The Labute approximate surface area is 121 Å². The molecule has 3 N–H and O–H groups in total. The monoisotopic (exact) mass is 279 g/mol. The highest BCUT2D eigenvalue weighted by atomic mass is 16.5. The van der Waals surface area contributed by atoms with Crippen molar-refractivity contribution in [1.29, 1.82) is 0 Å². The predicted molar refractivity (Wildman–Crippen MR) is 81.7 cm³/mol. The first kappa shape index (κ1) is 16.3. The Bertz CT molecular complexity index is 421. The van der Waals surface area contributed by atoms with E-state index < -0.39 is 0 Å². The highest BCUT2D eigenvalue weighted by Crippen LogP contribution is 2.14. The Kier molecular flexibility index (Phi) is 6.87. The zero-order chi connectivity index (χ0) is 15.0. The Morgan fingerprint density at radius 1 is 1.45 bits per heavy atom. The molecule has 0 bridgehead atoms. The lowest BCUT2D eigenvalue weighted by Crippen LogP contribution is -2.38. The number of nitrogen functional groups attached to an aromatic ring is 1. The first-order chi connectivity index (χ1) is 9.47. The first-order valence-corrected chi connectivity index (χ1v) is 6.91. The molecule has 5 heteroatoms. The fourth-order valence-electron chi connectivity index (χ4n) is 1.62. The van der Waals surface area contributed by atoms with Gasteiger partial charge >= 0.3 is 0 Å². The molecular formula is C15H25N3O2. The Morgan fingerprint density at radius 2 is 2.20 bits per heavy atom.